The SMILES string of the molecule is CC(C)CC(=O)SCCCCCC(=O)O. The average molecular weight is 232 g/mol. The summed E-state index contributed by atoms with van der Waals surface area (Å²) in [6, 6.07) is 0. The van der Waals surface area contributed by atoms with Crippen molar-refractivity contribution < 1.29 is 14.7 Å². The van der Waals surface area contributed by atoms with Crippen LogP contribution >= 0.6 is 11.8 Å². The molecule has 0 aliphatic heterocycles. The summed E-state index contributed by atoms with van der Waals surface area (Å²) in [5, 5.41) is 8.65. The first-order chi connectivity index (χ1) is 7.02. The highest BCUT2D eigenvalue weighted by molar-refractivity contribution is 8.13. The molecule has 4 heteroatoms. The van der Waals surface area contributed by atoms with Gasteiger partial charge in [-0.1, -0.05) is 32.0 Å². The predicted molar refractivity (Wildman–Crippen MR) is 63.0 cm³/mol. The van der Waals surface area contributed by atoms with Crippen LogP contribution in [0.3, 0.4) is 0 Å². The molecule has 0 aromatic carbocycles. The number of carboxylic acid groups (broad SMARTS) is 1. The second-order valence-corrected chi connectivity index (χ2v) is 5.18. The summed E-state index contributed by atoms with van der Waals surface area (Å²) in [6.07, 6.45) is 3.43. The first-order valence-electron chi connectivity index (χ1n) is 5.39. The monoisotopic (exact) mass is 232 g/mol. The maximum absolute atomic E-state index is 11.3. The van der Waals surface area contributed by atoms with Gasteiger partial charge in [0.25, 0.3) is 0 Å². The van der Waals surface area contributed by atoms with E-state index in [0.717, 1.165) is 18.6 Å². The Labute approximate surface area is 95.6 Å². The summed E-state index contributed by atoms with van der Waals surface area (Å²) in [6.45, 7) is 4.07. The molecule has 0 rings (SSSR count). The molecule has 0 heterocycles. The molecule has 0 atom stereocenters. The normalized spacial score (nSPS) is 10.6. The fourth-order valence-corrected chi connectivity index (χ4v) is 2.16. The van der Waals surface area contributed by atoms with Gasteiger partial charge in [-0.05, 0) is 18.8 Å². The van der Waals surface area contributed by atoms with E-state index in [1.54, 1.807) is 0 Å². The molecule has 0 fully saturated rings. The molecule has 0 saturated carbocycles. The average Bonchev–Trinajstić information content (AvgIpc) is 2.09. The Bertz CT molecular complexity index is 202. The molecule has 88 valence electrons. The van der Waals surface area contributed by atoms with E-state index in [-0.39, 0.29) is 11.5 Å². The summed E-state index contributed by atoms with van der Waals surface area (Å²) in [5.74, 6) is 0.515. The van der Waals surface area contributed by atoms with Crippen LogP contribution in [-0.4, -0.2) is 21.9 Å². The van der Waals surface area contributed by atoms with Crippen LogP contribution in [0.15, 0.2) is 0 Å². The van der Waals surface area contributed by atoms with E-state index in [9.17, 15) is 9.59 Å². The van der Waals surface area contributed by atoms with Gasteiger partial charge in [0, 0.05) is 18.6 Å². The maximum Gasteiger partial charge on any atom is 0.303 e. The highest BCUT2D eigenvalue weighted by atomic mass is 32.2. The van der Waals surface area contributed by atoms with E-state index < -0.39 is 5.97 Å². The Balaban J connectivity index is 3.24. The van der Waals surface area contributed by atoms with Crippen LogP contribution < -0.4 is 0 Å². The van der Waals surface area contributed by atoms with E-state index in [4.69, 9.17) is 5.11 Å². The molecule has 0 saturated heterocycles. The molecular weight excluding hydrogens is 212 g/mol. The van der Waals surface area contributed by atoms with Gasteiger partial charge in [0.15, 0.2) is 5.12 Å². The third-order valence-electron chi connectivity index (χ3n) is 1.87. The fourth-order valence-electron chi connectivity index (χ4n) is 1.13. The summed E-state index contributed by atoms with van der Waals surface area (Å²) >= 11 is 1.38. The number of carbonyl (C=O) groups excluding carboxylic acids is 1. The van der Waals surface area contributed by atoms with Gasteiger partial charge < -0.3 is 5.11 Å². The highest BCUT2D eigenvalue weighted by Gasteiger charge is 2.05. The van der Waals surface area contributed by atoms with Gasteiger partial charge in [0.2, 0.25) is 0 Å². The molecule has 0 aliphatic carbocycles. The molecule has 1 N–H and O–H groups in total. The second kappa shape index (κ2) is 8.77. The van der Waals surface area contributed by atoms with Crippen LogP contribution in [-0.2, 0) is 9.59 Å². The molecule has 15 heavy (non-hydrogen) atoms. The Morgan fingerprint density at radius 1 is 1.20 bits per heavy atom. The van der Waals surface area contributed by atoms with Crippen molar-refractivity contribution in [1.82, 2.24) is 0 Å². The standard InChI is InChI=1S/C11H20O3S/c1-9(2)8-11(14)15-7-5-3-4-6-10(12)13/h9H,3-8H2,1-2H3,(H,12,13). The second-order valence-electron chi connectivity index (χ2n) is 4.02. The van der Waals surface area contributed by atoms with Crippen LogP contribution in [0.5, 0.6) is 0 Å². The van der Waals surface area contributed by atoms with Gasteiger partial charge in [-0.15, -0.1) is 0 Å². The van der Waals surface area contributed by atoms with Crippen LogP contribution in [0.4, 0.5) is 0 Å². The number of thioether (sulfide) groups is 1. The fraction of sp³-hybridized carbons (Fsp3) is 0.818. The number of rotatable bonds is 8. The Hall–Kier alpha value is -0.510. The third-order valence-corrected chi connectivity index (χ3v) is 2.85. The Morgan fingerprint density at radius 3 is 2.40 bits per heavy atom. The lowest BCUT2D eigenvalue weighted by atomic mass is 10.2. The molecule has 0 unspecified atom stereocenters. The topological polar surface area (TPSA) is 54.4 Å². The summed E-state index contributed by atoms with van der Waals surface area (Å²) in [5.41, 5.74) is 0. The van der Waals surface area contributed by atoms with Crippen molar-refractivity contribution in [1.29, 1.82) is 0 Å². The van der Waals surface area contributed by atoms with Crippen molar-refractivity contribution in [2.24, 2.45) is 5.92 Å². The lowest BCUT2D eigenvalue weighted by Gasteiger charge is -2.03. The molecule has 0 aromatic heterocycles. The smallest absolute Gasteiger partial charge is 0.303 e. The van der Waals surface area contributed by atoms with E-state index in [1.165, 1.54) is 11.8 Å². The third kappa shape index (κ3) is 11.4. The molecule has 0 spiro atoms. The number of hydrogen-bond acceptors (Lipinski definition) is 3. The van der Waals surface area contributed by atoms with Gasteiger partial charge in [-0.25, -0.2) is 0 Å². The van der Waals surface area contributed by atoms with Crippen molar-refractivity contribution >= 4 is 22.8 Å². The first kappa shape index (κ1) is 14.5. The van der Waals surface area contributed by atoms with Crippen molar-refractivity contribution in [2.45, 2.75) is 46.0 Å². The number of carbonyl (C=O) groups is 2. The van der Waals surface area contributed by atoms with Crippen molar-refractivity contribution in [3.05, 3.63) is 0 Å². The van der Waals surface area contributed by atoms with Crippen LogP contribution in [0.1, 0.15) is 46.0 Å². The Morgan fingerprint density at radius 2 is 1.87 bits per heavy atom. The number of hydrogen-bond donors (Lipinski definition) is 1. The summed E-state index contributed by atoms with van der Waals surface area (Å²) in [7, 11) is 0. The number of unbranched alkanes of at least 4 members (excludes halogenated alkanes) is 2. The van der Waals surface area contributed by atoms with Gasteiger partial charge in [0.05, 0.1) is 0 Å². The van der Waals surface area contributed by atoms with Gasteiger partial charge in [-0.3, -0.25) is 9.59 Å². The summed E-state index contributed by atoms with van der Waals surface area (Å²) in [4.78, 5) is 21.5. The molecule has 3 nitrogen and oxygen atoms in total. The zero-order chi connectivity index (χ0) is 11.7. The summed E-state index contributed by atoms with van der Waals surface area (Å²) < 4.78 is 0. The maximum atomic E-state index is 11.3. The highest BCUT2D eigenvalue weighted by Crippen LogP contribution is 2.13. The largest absolute Gasteiger partial charge is 0.481 e. The van der Waals surface area contributed by atoms with Crippen molar-refractivity contribution in [3.8, 4) is 0 Å². The zero-order valence-corrected chi connectivity index (χ0v) is 10.3. The lowest BCUT2D eigenvalue weighted by Crippen LogP contribution is -1.99. The molecule has 0 bridgehead atoms. The molecule has 0 aromatic rings. The van der Waals surface area contributed by atoms with Gasteiger partial charge in [0.1, 0.15) is 0 Å². The lowest BCUT2D eigenvalue weighted by molar-refractivity contribution is -0.137. The Kier molecular flexibility index (Phi) is 8.47. The van der Waals surface area contributed by atoms with Crippen LogP contribution in [0, 0.1) is 5.92 Å². The molecule has 0 radical (unpaired) electrons. The minimum Gasteiger partial charge on any atom is -0.481 e. The van der Waals surface area contributed by atoms with Crippen molar-refractivity contribution in [3.63, 3.8) is 0 Å². The zero-order valence-electron chi connectivity index (χ0n) is 9.49. The van der Waals surface area contributed by atoms with E-state index in [2.05, 4.69) is 0 Å². The van der Waals surface area contributed by atoms with E-state index >= 15 is 0 Å². The predicted octanol–water partition coefficient (Wildman–Crippen LogP) is 2.94. The molecule has 0 aliphatic rings. The van der Waals surface area contributed by atoms with Gasteiger partial charge >= 0.3 is 5.97 Å². The van der Waals surface area contributed by atoms with Crippen LogP contribution in [0.2, 0.25) is 0 Å². The first-order valence-corrected chi connectivity index (χ1v) is 6.38. The quantitative estimate of drug-likeness (QED) is 0.654. The number of carboxylic acids is 1. The molecular formula is C11H20O3S. The minimum absolute atomic E-state index is 0.241. The number of aliphatic carboxylic acids is 1. The van der Waals surface area contributed by atoms with Gasteiger partial charge in [-0.2, -0.15) is 0 Å². The van der Waals surface area contributed by atoms with Crippen LogP contribution in [0.25, 0.3) is 0 Å². The van der Waals surface area contributed by atoms with Crippen molar-refractivity contribution in [2.75, 3.05) is 5.75 Å². The van der Waals surface area contributed by atoms with E-state index in [0.29, 0.717) is 18.8 Å². The van der Waals surface area contributed by atoms with E-state index in [1.807, 2.05) is 13.8 Å². The molecule has 0 amide bonds. The minimum atomic E-state index is -0.737.